The van der Waals surface area contributed by atoms with Gasteiger partial charge in [0.1, 0.15) is 5.82 Å². The smallest absolute Gasteiger partial charge is 0.183 e. The van der Waals surface area contributed by atoms with Gasteiger partial charge in [0.2, 0.25) is 0 Å². The number of nitrogens with zero attached hydrogens (tertiary/aromatic N) is 2. The highest BCUT2D eigenvalue weighted by molar-refractivity contribution is 5.12. The number of aromatic nitrogens is 2. The van der Waals surface area contributed by atoms with Crippen molar-refractivity contribution < 1.29 is 4.39 Å². The lowest BCUT2D eigenvalue weighted by Gasteiger charge is -2.23. The van der Waals surface area contributed by atoms with Crippen molar-refractivity contribution in [2.24, 2.45) is 11.7 Å². The molecule has 2 rings (SSSR count). The number of halogens is 1. The number of nitrogens with two attached hydrogens (primary N) is 1. The van der Waals surface area contributed by atoms with Gasteiger partial charge in [-0.2, -0.15) is 0 Å². The summed E-state index contributed by atoms with van der Waals surface area (Å²) < 4.78 is 16.3. The summed E-state index contributed by atoms with van der Waals surface area (Å²) in [6.07, 6.45) is 5.32. The van der Waals surface area contributed by atoms with E-state index in [0.29, 0.717) is 5.82 Å². The van der Waals surface area contributed by atoms with Crippen molar-refractivity contribution in [1.29, 1.82) is 0 Å². The molecule has 0 aliphatic heterocycles. The maximum absolute atomic E-state index is 14.5. The van der Waals surface area contributed by atoms with E-state index in [1.54, 1.807) is 6.20 Å². The zero-order valence-corrected chi connectivity index (χ0v) is 8.41. The SMILES string of the molecule is CCn1ccnc1C(F)(CN)C1CC1. The maximum Gasteiger partial charge on any atom is 0.183 e. The second-order valence-electron chi connectivity index (χ2n) is 3.88. The highest BCUT2D eigenvalue weighted by Crippen LogP contribution is 2.47. The lowest BCUT2D eigenvalue weighted by Crippen LogP contribution is -2.35. The Hall–Kier alpha value is -0.900. The van der Waals surface area contributed by atoms with E-state index in [4.69, 9.17) is 5.73 Å². The first-order valence-corrected chi connectivity index (χ1v) is 5.13. The zero-order valence-electron chi connectivity index (χ0n) is 8.41. The predicted molar refractivity (Wildman–Crippen MR) is 52.5 cm³/mol. The van der Waals surface area contributed by atoms with Gasteiger partial charge in [-0.25, -0.2) is 9.37 Å². The largest absolute Gasteiger partial charge is 0.332 e. The normalized spacial score (nSPS) is 20.8. The molecule has 0 bridgehead atoms. The van der Waals surface area contributed by atoms with E-state index in [0.717, 1.165) is 19.4 Å². The summed E-state index contributed by atoms with van der Waals surface area (Å²) in [5.74, 6) is 0.588. The minimum Gasteiger partial charge on any atom is -0.332 e. The van der Waals surface area contributed by atoms with E-state index < -0.39 is 5.67 Å². The minimum absolute atomic E-state index is 0.0364. The van der Waals surface area contributed by atoms with Crippen LogP contribution < -0.4 is 5.73 Å². The topological polar surface area (TPSA) is 43.8 Å². The molecule has 1 aromatic rings. The first-order valence-electron chi connectivity index (χ1n) is 5.13. The highest BCUT2D eigenvalue weighted by Gasteiger charge is 2.48. The molecule has 78 valence electrons. The summed E-state index contributed by atoms with van der Waals surface area (Å²) in [6, 6.07) is 0. The molecule has 0 saturated heterocycles. The first-order chi connectivity index (χ1) is 6.72. The molecule has 0 aromatic carbocycles. The fourth-order valence-electron chi connectivity index (χ4n) is 1.91. The second-order valence-corrected chi connectivity index (χ2v) is 3.88. The van der Waals surface area contributed by atoms with E-state index in [9.17, 15) is 4.39 Å². The Bertz CT molecular complexity index is 319. The molecule has 1 atom stereocenters. The minimum atomic E-state index is -1.40. The lowest BCUT2D eigenvalue weighted by atomic mass is 9.99. The Morgan fingerprint density at radius 2 is 2.43 bits per heavy atom. The molecule has 1 fully saturated rings. The summed E-state index contributed by atoms with van der Waals surface area (Å²) in [7, 11) is 0. The fraction of sp³-hybridized carbons (Fsp3) is 0.700. The molecule has 1 saturated carbocycles. The van der Waals surface area contributed by atoms with Crippen molar-refractivity contribution in [2.75, 3.05) is 6.54 Å². The molecule has 1 unspecified atom stereocenters. The molecule has 0 amide bonds. The second kappa shape index (κ2) is 3.35. The van der Waals surface area contributed by atoms with E-state index in [1.165, 1.54) is 0 Å². The van der Waals surface area contributed by atoms with Crippen LogP contribution in [0, 0.1) is 5.92 Å². The average molecular weight is 197 g/mol. The summed E-state index contributed by atoms with van der Waals surface area (Å²) in [4.78, 5) is 4.10. The van der Waals surface area contributed by atoms with Crippen LogP contribution >= 0.6 is 0 Å². The van der Waals surface area contributed by atoms with Gasteiger partial charge in [0.05, 0.1) is 0 Å². The van der Waals surface area contributed by atoms with Crippen molar-refractivity contribution in [3.63, 3.8) is 0 Å². The van der Waals surface area contributed by atoms with E-state index >= 15 is 0 Å². The third-order valence-corrected chi connectivity index (χ3v) is 2.95. The van der Waals surface area contributed by atoms with Crippen LogP contribution in [0.2, 0.25) is 0 Å². The molecular weight excluding hydrogens is 181 g/mol. The van der Waals surface area contributed by atoms with Crippen LogP contribution in [0.15, 0.2) is 12.4 Å². The van der Waals surface area contributed by atoms with Crippen molar-refractivity contribution in [2.45, 2.75) is 32.0 Å². The van der Waals surface area contributed by atoms with Crippen LogP contribution in [0.4, 0.5) is 4.39 Å². The van der Waals surface area contributed by atoms with E-state index in [1.807, 2.05) is 17.7 Å². The molecular formula is C10H16FN3. The summed E-state index contributed by atoms with van der Waals surface area (Å²) in [5.41, 5.74) is 4.13. The Morgan fingerprint density at radius 1 is 1.71 bits per heavy atom. The van der Waals surface area contributed by atoms with Crippen molar-refractivity contribution in [1.82, 2.24) is 9.55 Å². The van der Waals surface area contributed by atoms with E-state index in [-0.39, 0.29) is 12.5 Å². The third-order valence-electron chi connectivity index (χ3n) is 2.95. The maximum atomic E-state index is 14.5. The standard InChI is InChI=1S/C10H16FN3/c1-2-14-6-5-13-9(14)10(11,7-12)8-3-4-8/h5-6,8H,2-4,7,12H2,1H3. The quantitative estimate of drug-likeness (QED) is 0.793. The number of aryl methyl sites for hydroxylation is 1. The highest BCUT2D eigenvalue weighted by atomic mass is 19.1. The van der Waals surface area contributed by atoms with Gasteiger partial charge in [-0.3, -0.25) is 0 Å². The molecule has 3 nitrogen and oxygen atoms in total. The first kappa shape index (κ1) is 9.65. The number of imidazole rings is 1. The Morgan fingerprint density at radius 3 is 2.93 bits per heavy atom. The van der Waals surface area contributed by atoms with Gasteiger partial charge in [0.15, 0.2) is 5.67 Å². The van der Waals surface area contributed by atoms with Crippen molar-refractivity contribution >= 4 is 0 Å². The third kappa shape index (κ3) is 1.34. The average Bonchev–Trinajstić information content (AvgIpc) is 2.95. The summed E-state index contributed by atoms with van der Waals surface area (Å²) >= 11 is 0. The predicted octanol–water partition coefficient (Wildman–Crippen LogP) is 1.44. The Labute approximate surface area is 83.1 Å². The van der Waals surface area contributed by atoms with Gasteiger partial charge in [-0.05, 0) is 19.8 Å². The number of rotatable bonds is 4. The zero-order chi connectivity index (χ0) is 10.2. The molecule has 1 aliphatic rings. The summed E-state index contributed by atoms with van der Waals surface area (Å²) in [5, 5.41) is 0. The van der Waals surface area contributed by atoms with E-state index in [2.05, 4.69) is 4.98 Å². The van der Waals surface area contributed by atoms with Crippen molar-refractivity contribution in [3.05, 3.63) is 18.2 Å². The fourth-order valence-corrected chi connectivity index (χ4v) is 1.91. The van der Waals surface area contributed by atoms with Crippen LogP contribution in [0.5, 0.6) is 0 Å². The molecule has 1 aliphatic carbocycles. The van der Waals surface area contributed by atoms with Gasteiger partial charge in [-0.1, -0.05) is 0 Å². The Balaban J connectivity index is 2.34. The number of alkyl halides is 1. The molecule has 2 N–H and O–H groups in total. The van der Waals surface area contributed by atoms with Crippen LogP contribution in [0.3, 0.4) is 0 Å². The van der Waals surface area contributed by atoms with Gasteiger partial charge in [-0.15, -0.1) is 0 Å². The van der Waals surface area contributed by atoms with Crippen LogP contribution in [-0.4, -0.2) is 16.1 Å². The Kier molecular flexibility index (Phi) is 2.31. The molecule has 4 heteroatoms. The lowest BCUT2D eigenvalue weighted by molar-refractivity contribution is 0.125. The van der Waals surface area contributed by atoms with Gasteiger partial charge in [0.25, 0.3) is 0 Å². The molecule has 0 radical (unpaired) electrons. The molecule has 1 aromatic heterocycles. The van der Waals surface area contributed by atoms with Gasteiger partial charge in [0, 0.05) is 31.4 Å². The number of hydrogen-bond donors (Lipinski definition) is 1. The van der Waals surface area contributed by atoms with Crippen molar-refractivity contribution in [3.8, 4) is 0 Å². The number of hydrogen-bond acceptors (Lipinski definition) is 2. The molecule has 0 spiro atoms. The molecule has 14 heavy (non-hydrogen) atoms. The van der Waals surface area contributed by atoms with Gasteiger partial charge < -0.3 is 10.3 Å². The summed E-state index contributed by atoms with van der Waals surface area (Å²) in [6.45, 7) is 2.76. The van der Waals surface area contributed by atoms with Crippen LogP contribution in [0.1, 0.15) is 25.6 Å². The van der Waals surface area contributed by atoms with Crippen LogP contribution in [0.25, 0.3) is 0 Å². The molecule has 1 heterocycles. The van der Waals surface area contributed by atoms with Gasteiger partial charge >= 0.3 is 0 Å². The monoisotopic (exact) mass is 197 g/mol. The van der Waals surface area contributed by atoms with Crippen LogP contribution in [-0.2, 0) is 12.2 Å².